The Morgan fingerprint density at radius 3 is 2.68 bits per heavy atom. The van der Waals surface area contributed by atoms with Gasteiger partial charge in [-0.2, -0.15) is 5.10 Å². The largest absolute Gasteiger partial charge is 0.350 e. The summed E-state index contributed by atoms with van der Waals surface area (Å²) in [4.78, 5) is 12.8. The van der Waals surface area contributed by atoms with Crippen LogP contribution in [0, 0.1) is 11.6 Å². The van der Waals surface area contributed by atoms with Gasteiger partial charge < -0.3 is 5.32 Å². The number of fused-ring (bicyclic) bond motifs is 1. The Morgan fingerprint density at radius 2 is 1.93 bits per heavy atom. The van der Waals surface area contributed by atoms with E-state index in [1.165, 1.54) is 6.07 Å². The summed E-state index contributed by atoms with van der Waals surface area (Å²) >= 11 is 0. The molecule has 4 nitrogen and oxygen atoms in total. The lowest BCUT2D eigenvalue weighted by atomic mass is 10.0. The van der Waals surface area contributed by atoms with E-state index in [-0.39, 0.29) is 11.8 Å². The molecule has 144 valence electrons. The molecule has 28 heavy (non-hydrogen) atoms. The van der Waals surface area contributed by atoms with Gasteiger partial charge in [-0.25, -0.2) is 13.5 Å². The van der Waals surface area contributed by atoms with Crippen LogP contribution in [0.25, 0.3) is 5.69 Å². The Kier molecular flexibility index (Phi) is 4.94. The number of hydrogen-bond acceptors (Lipinski definition) is 2. The van der Waals surface area contributed by atoms with Crippen LogP contribution in [0.1, 0.15) is 46.6 Å². The van der Waals surface area contributed by atoms with E-state index >= 15 is 0 Å². The fraction of sp³-hybridized carbons (Fsp3) is 0.273. The Bertz CT molecular complexity index is 1010. The monoisotopic (exact) mass is 381 g/mol. The normalized spacial score (nSPS) is 14.0. The molecule has 1 N–H and O–H groups in total. The maximum Gasteiger partial charge on any atom is 0.272 e. The average molecular weight is 381 g/mol. The van der Waals surface area contributed by atoms with Crippen molar-refractivity contribution in [1.29, 1.82) is 0 Å². The zero-order chi connectivity index (χ0) is 19.7. The summed E-state index contributed by atoms with van der Waals surface area (Å²) in [6.07, 6.45) is 2.43. The molecule has 0 aliphatic heterocycles. The van der Waals surface area contributed by atoms with Crippen molar-refractivity contribution in [2.75, 3.05) is 6.54 Å². The predicted molar refractivity (Wildman–Crippen MR) is 103 cm³/mol. The van der Waals surface area contributed by atoms with Crippen LogP contribution in [-0.2, 0) is 12.8 Å². The topological polar surface area (TPSA) is 46.9 Å². The number of carbonyl (C=O) groups excluding carboxylic acids is 1. The summed E-state index contributed by atoms with van der Waals surface area (Å²) in [5.74, 6) is -1.89. The van der Waals surface area contributed by atoms with Gasteiger partial charge in [0.2, 0.25) is 0 Å². The first kappa shape index (κ1) is 18.3. The van der Waals surface area contributed by atoms with Gasteiger partial charge in [0.1, 0.15) is 0 Å². The maximum absolute atomic E-state index is 13.7. The van der Waals surface area contributed by atoms with Crippen molar-refractivity contribution in [3.8, 4) is 5.69 Å². The van der Waals surface area contributed by atoms with Crippen molar-refractivity contribution in [2.24, 2.45) is 0 Å². The lowest BCUT2D eigenvalue weighted by molar-refractivity contribution is 0.0945. The second kappa shape index (κ2) is 7.54. The number of aromatic nitrogens is 2. The van der Waals surface area contributed by atoms with Crippen LogP contribution in [0.3, 0.4) is 0 Å². The molecule has 4 rings (SSSR count). The smallest absolute Gasteiger partial charge is 0.272 e. The fourth-order valence-electron chi connectivity index (χ4n) is 3.68. The summed E-state index contributed by atoms with van der Waals surface area (Å²) in [6.45, 7) is 2.55. The molecule has 1 atom stereocenters. The van der Waals surface area contributed by atoms with Gasteiger partial charge in [0.05, 0.1) is 5.69 Å². The Labute approximate surface area is 162 Å². The highest BCUT2D eigenvalue weighted by molar-refractivity contribution is 5.94. The quantitative estimate of drug-likeness (QED) is 0.721. The third kappa shape index (κ3) is 3.42. The first-order valence-corrected chi connectivity index (χ1v) is 9.44. The van der Waals surface area contributed by atoms with Gasteiger partial charge in [-0.15, -0.1) is 0 Å². The lowest BCUT2D eigenvalue weighted by Crippen LogP contribution is -2.28. The summed E-state index contributed by atoms with van der Waals surface area (Å²) in [5, 5.41) is 7.40. The lowest BCUT2D eigenvalue weighted by Gasteiger charge is -2.12. The molecule has 1 unspecified atom stereocenters. The minimum absolute atomic E-state index is 0.173. The number of hydrogen-bond donors (Lipinski definition) is 1. The number of rotatable bonds is 5. The van der Waals surface area contributed by atoms with E-state index in [4.69, 9.17) is 0 Å². The van der Waals surface area contributed by atoms with Gasteiger partial charge in [0.15, 0.2) is 17.3 Å². The molecule has 1 heterocycles. The van der Waals surface area contributed by atoms with E-state index in [1.807, 2.05) is 30.3 Å². The zero-order valence-electron chi connectivity index (χ0n) is 15.6. The van der Waals surface area contributed by atoms with E-state index in [0.717, 1.165) is 48.2 Å². The van der Waals surface area contributed by atoms with Crippen molar-refractivity contribution in [3.63, 3.8) is 0 Å². The molecule has 6 heteroatoms. The second-order valence-corrected chi connectivity index (χ2v) is 7.16. The molecular formula is C22H21F2N3O. The van der Waals surface area contributed by atoms with E-state index in [0.29, 0.717) is 17.9 Å². The number of nitrogens with zero attached hydrogens (tertiary/aromatic N) is 2. The number of amides is 1. The molecular weight excluding hydrogens is 360 g/mol. The first-order valence-electron chi connectivity index (χ1n) is 9.44. The van der Waals surface area contributed by atoms with E-state index in [9.17, 15) is 13.6 Å². The Balaban J connectivity index is 1.56. The number of benzene rings is 2. The summed E-state index contributed by atoms with van der Waals surface area (Å²) < 4.78 is 28.5. The molecule has 0 spiro atoms. The van der Waals surface area contributed by atoms with E-state index < -0.39 is 11.6 Å². The Morgan fingerprint density at radius 1 is 1.14 bits per heavy atom. The number of halogens is 2. The van der Waals surface area contributed by atoms with E-state index in [1.54, 1.807) is 4.68 Å². The molecule has 1 aliphatic carbocycles. The third-order valence-corrected chi connectivity index (χ3v) is 5.23. The van der Waals surface area contributed by atoms with Crippen molar-refractivity contribution < 1.29 is 13.6 Å². The maximum atomic E-state index is 13.7. The standard InChI is InChI=1S/C22H21F2N3O/c1-14(15-6-3-2-4-7-15)13-25-22(28)21-17-8-5-9-20(17)27(26-21)16-10-11-18(23)19(24)12-16/h2-4,6-7,10-12,14H,5,8-9,13H2,1H3,(H,25,28). The van der Waals surface area contributed by atoms with Gasteiger partial charge in [-0.3, -0.25) is 4.79 Å². The average Bonchev–Trinajstić information content (AvgIpc) is 3.31. The summed E-state index contributed by atoms with van der Waals surface area (Å²) in [6, 6.07) is 13.6. The van der Waals surface area contributed by atoms with Crippen LogP contribution in [0.2, 0.25) is 0 Å². The van der Waals surface area contributed by atoms with Gasteiger partial charge in [0, 0.05) is 23.9 Å². The molecule has 1 aliphatic rings. The highest BCUT2D eigenvalue weighted by Crippen LogP contribution is 2.28. The van der Waals surface area contributed by atoms with Crippen LogP contribution >= 0.6 is 0 Å². The minimum Gasteiger partial charge on any atom is -0.350 e. The minimum atomic E-state index is -0.928. The molecule has 0 fully saturated rings. The van der Waals surface area contributed by atoms with Crippen LogP contribution in [-0.4, -0.2) is 22.2 Å². The molecule has 0 radical (unpaired) electrons. The molecule has 0 saturated carbocycles. The van der Waals surface area contributed by atoms with Gasteiger partial charge in [0.25, 0.3) is 5.91 Å². The fourth-order valence-corrected chi connectivity index (χ4v) is 3.68. The van der Waals surface area contributed by atoms with Crippen molar-refractivity contribution in [1.82, 2.24) is 15.1 Å². The number of carbonyl (C=O) groups is 1. The van der Waals surface area contributed by atoms with Gasteiger partial charge in [-0.1, -0.05) is 37.3 Å². The zero-order valence-corrected chi connectivity index (χ0v) is 15.6. The first-order chi connectivity index (χ1) is 13.5. The number of nitrogens with one attached hydrogen (secondary N) is 1. The predicted octanol–water partition coefficient (Wildman–Crippen LogP) is 4.17. The van der Waals surface area contributed by atoms with Crippen LogP contribution in [0.15, 0.2) is 48.5 Å². The van der Waals surface area contributed by atoms with Crippen molar-refractivity contribution >= 4 is 5.91 Å². The molecule has 2 aromatic carbocycles. The molecule has 0 saturated heterocycles. The van der Waals surface area contributed by atoms with E-state index in [2.05, 4.69) is 17.3 Å². The van der Waals surface area contributed by atoms with Crippen LogP contribution in [0.4, 0.5) is 8.78 Å². The summed E-state index contributed by atoms with van der Waals surface area (Å²) in [7, 11) is 0. The van der Waals surface area contributed by atoms with Crippen molar-refractivity contribution in [2.45, 2.75) is 32.1 Å². The molecule has 1 aromatic heterocycles. The van der Waals surface area contributed by atoms with Crippen LogP contribution in [0.5, 0.6) is 0 Å². The highest BCUT2D eigenvalue weighted by Gasteiger charge is 2.27. The third-order valence-electron chi connectivity index (χ3n) is 5.23. The molecule has 3 aromatic rings. The van der Waals surface area contributed by atoms with Crippen molar-refractivity contribution in [3.05, 3.63) is 82.7 Å². The summed E-state index contributed by atoms with van der Waals surface area (Å²) in [5.41, 5.74) is 3.74. The van der Waals surface area contributed by atoms with Gasteiger partial charge in [-0.05, 0) is 42.9 Å². The Hall–Kier alpha value is -3.02. The SMILES string of the molecule is CC(CNC(=O)c1nn(-c2ccc(F)c(F)c2)c2c1CCC2)c1ccccc1. The molecule has 1 amide bonds. The van der Waals surface area contributed by atoms with Crippen LogP contribution < -0.4 is 5.32 Å². The highest BCUT2D eigenvalue weighted by atomic mass is 19.2. The van der Waals surface area contributed by atoms with Gasteiger partial charge >= 0.3 is 0 Å². The molecule has 0 bridgehead atoms. The second-order valence-electron chi connectivity index (χ2n) is 7.16.